The van der Waals surface area contributed by atoms with Crippen LogP contribution in [0.4, 0.5) is 5.82 Å². The van der Waals surface area contributed by atoms with Crippen LogP contribution in [0.3, 0.4) is 0 Å². The Bertz CT molecular complexity index is 348. The number of H-pyrrole nitrogens is 1. The number of nitrogens with one attached hydrogen (secondary N) is 1. The number of aromatic amines is 1. The van der Waals surface area contributed by atoms with E-state index in [1.807, 2.05) is 0 Å². The van der Waals surface area contributed by atoms with Gasteiger partial charge in [-0.05, 0) is 0 Å². The molecule has 1 aromatic rings. The lowest BCUT2D eigenvalue weighted by atomic mass is 10.3. The Morgan fingerprint density at radius 2 is 2.23 bits per heavy atom. The molecule has 1 aromatic heterocycles. The second-order valence-corrected chi connectivity index (χ2v) is 2.97. The first-order valence-electron chi connectivity index (χ1n) is 3.84. The van der Waals surface area contributed by atoms with E-state index in [0.717, 1.165) is 0 Å². The summed E-state index contributed by atoms with van der Waals surface area (Å²) in [6, 6.07) is 0. The molecule has 0 aliphatic carbocycles. The van der Waals surface area contributed by atoms with Crippen molar-refractivity contribution in [3.8, 4) is 0 Å². The second-order valence-electron chi connectivity index (χ2n) is 2.97. The predicted octanol–water partition coefficient (Wildman–Crippen LogP) is -0.793. The fourth-order valence-electron chi connectivity index (χ4n) is 1.36. The zero-order chi connectivity index (χ0) is 9.59. The Hall–Kier alpha value is -1.56. The van der Waals surface area contributed by atoms with Gasteiger partial charge in [-0.3, -0.25) is 9.69 Å². The number of imidazole rings is 1. The van der Waals surface area contributed by atoms with Crippen molar-refractivity contribution in [2.75, 3.05) is 19.0 Å². The molecule has 13 heavy (non-hydrogen) atoms. The zero-order valence-electron chi connectivity index (χ0n) is 7.35. The third kappa shape index (κ3) is 0.919. The molecule has 6 nitrogen and oxygen atoms in total. The van der Waals surface area contributed by atoms with Crippen LogP contribution in [-0.4, -0.2) is 46.3 Å². The third-order valence-electron chi connectivity index (χ3n) is 2.18. The number of aliphatic hydroxyl groups excluding tert-OH is 1. The number of hydrogen-bond acceptors (Lipinski definition) is 4. The molecule has 2 heterocycles. The average molecular weight is 182 g/mol. The number of aromatic nitrogens is 2. The maximum atomic E-state index is 11.5. The van der Waals surface area contributed by atoms with Crippen LogP contribution in [0.1, 0.15) is 10.5 Å². The predicted molar refractivity (Wildman–Crippen MR) is 45.1 cm³/mol. The number of carbonyl (C=O) groups is 1. The molecule has 1 aliphatic heterocycles. The van der Waals surface area contributed by atoms with E-state index < -0.39 is 6.35 Å². The van der Waals surface area contributed by atoms with Gasteiger partial charge in [-0.25, -0.2) is 4.98 Å². The molecule has 1 atom stereocenters. The summed E-state index contributed by atoms with van der Waals surface area (Å²) in [5, 5.41) is 9.56. The summed E-state index contributed by atoms with van der Waals surface area (Å²) >= 11 is 0. The second kappa shape index (κ2) is 2.46. The Balaban J connectivity index is 2.52. The van der Waals surface area contributed by atoms with Gasteiger partial charge in [0.1, 0.15) is 5.69 Å². The SMILES string of the molecule is CN1C(=O)c2[nH]cnc2N(C)C1O. The van der Waals surface area contributed by atoms with Crippen molar-refractivity contribution >= 4 is 11.7 Å². The molecule has 1 aliphatic rings. The number of amides is 1. The van der Waals surface area contributed by atoms with E-state index >= 15 is 0 Å². The van der Waals surface area contributed by atoms with Crippen LogP contribution in [-0.2, 0) is 0 Å². The van der Waals surface area contributed by atoms with Gasteiger partial charge < -0.3 is 15.0 Å². The lowest BCUT2D eigenvalue weighted by Gasteiger charge is -2.35. The molecular weight excluding hydrogens is 172 g/mol. The van der Waals surface area contributed by atoms with Gasteiger partial charge in [-0.15, -0.1) is 0 Å². The molecule has 0 fully saturated rings. The summed E-state index contributed by atoms with van der Waals surface area (Å²) in [5.41, 5.74) is 0.412. The Kier molecular flexibility index (Phi) is 1.53. The normalized spacial score (nSPS) is 22.1. The number of rotatable bonds is 0. The van der Waals surface area contributed by atoms with Gasteiger partial charge in [-0.2, -0.15) is 0 Å². The number of carbonyl (C=O) groups excluding carboxylic acids is 1. The molecule has 0 bridgehead atoms. The number of hydrogen-bond donors (Lipinski definition) is 2. The number of nitrogens with zero attached hydrogens (tertiary/aromatic N) is 3. The fourth-order valence-corrected chi connectivity index (χ4v) is 1.36. The average Bonchev–Trinajstić information content (AvgIpc) is 2.59. The maximum absolute atomic E-state index is 11.5. The van der Waals surface area contributed by atoms with E-state index in [4.69, 9.17) is 0 Å². The highest BCUT2D eigenvalue weighted by molar-refractivity contribution is 5.98. The van der Waals surface area contributed by atoms with Crippen LogP contribution >= 0.6 is 0 Å². The summed E-state index contributed by atoms with van der Waals surface area (Å²) < 4.78 is 0. The number of fused-ring (bicyclic) bond motifs is 1. The van der Waals surface area contributed by atoms with Gasteiger partial charge in [0.2, 0.25) is 6.35 Å². The first kappa shape index (κ1) is 8.06. The summed E-state index contributed by atoms with van der Waals surface area (Å²) in [4.78, 5) is 20.9. The van der Waals surface area contributed by atoms with Gasteiger partial charge in [0.05, 0.1) is 6.33 Å². The van der Waals surface area contributed by atoms with Crippen molar-refractivity contribution in [1.82, 2.24) is 14.9 Å². The Labute approximate surface area is 74.8 Å². The quantitative estimate of drug-likeness (QED) is 0.551. The van der Waals surface area contributed by atoms with Crippen LogP contribution in [0.15, 0.2) is 6.33 Å². The highest BCUT2D eigenvalue weighted by Crippen LogP contribution is 2.23. The molecule has 2 rings (SSSR count). The minimum Gasteiger partial charge on any atom is -0.356 e. The minimum atomic E-state index is -0.941. The van der Waals surface area contributed by atoms with Crippen LogP contribution in [0.2, 0.25) is 0 Å². The molecule has 1 unspecified atom stereocenters. The van der Waals surface area contributed by atoms with Crippen molar-refractivity contribution in [2.45, 2.75) is 6.35 Å². The highest BCUT2D eigenvalue weighted by atomic mass is 16.3. The van der Waals surface area contributed by atoms with Gasteiger partial charge in [0.25, 0.3) is 5.91 Å². The fraction of sp³-hybridized carbons (Fsp3) is 0.429. The van der Waals surface area contributed by atoms with Crippen molar-refractivity contribution in [1.29, 1.82) is 0 Å². The zero-order valence-corrected chi connectivity index (χ0v) is 7.35. The maximum Gasteiger partial charge on any atom is 0.277 e. The summed E-state index contributed by atoms with van der Waals surface area (Å²) in [5.74, 6) is 0.230. The van der Waals surface area contributed by atoms with Crippen molar-refractivity contribution in [3.05, 3.63) is 12.0 Å². The molecule has 0 radical (unpaired) electrons. The summed E-state index contributed by atoms with van der Waals surface area (Å²) in [6.07, 6.45) is 0.494. The van der Waals surface area contributed by atoms with Gasteiger partial charge in [-0.1, -0.05) is 0 Å². The molecule has 0 spiro atoms. The van der Waals surface area contributed by atoms with E-state index in [-0.39, 0.29) is 5.91 Å². The summed E-state index contributed by atoms with van der Waals surface area (Å²) in [6.45, 7) is 0. The molecule has 2 N–H and O–H groups in total. The lowest BCUT2D eigenvalue weighted by Crippen LogP contribution is -2.52. The largest absolute Gasteiger partial charge is 0.356 e. The first-order chi connectivity index (χ1) is 6.13. The molecule has 0 aromatic carbocycles. The summed E-state index contributed by atoms with van der Waals surface area (Å²) in [7, 11) is 3.21. The van der Waals surface area contributed by atoms with Crippen LogP contribution in [0.25, 0.3) is 0 Å². The van der Waals surface area contributed by atoms with Gasteiger partial charge in [0.15, 0.2) is 5.82 Å². The van der Waals surface area contributed by atoms with Crippen LogP contribution < -0.4 is 4.90 Å². The van der Waals surface area contributed by atoms with E-state index in [1.54, 1.807) is 7.05 Å². The van der Waals surface area contributed by atoms with Crippen molar-refractivity contribution in [2.24, 2.45) is 0 Å². The van der Waals surface area contributed by atoms with Crippen molar-refractivity contribution in [3.63, 3.8) is 0 Å². The molecule has 1 amide bonds. The molecule has 0 saturated heterocycles. The standard InChI is InChI=1S/C7H10N4O2/c1-10-5-4(8-3-9-5)6(12)11(2)7(10)13/h3,7,13H,1-2H3,(H,8,9). The number of anilines is 1. The van der Waals surface area contributed by atoms with E-state index in [9.17, 15) is 9.90 Å². The monoisotopic (exact) mass is 182 g/mol. The van der Waals surface area contributed by atoms with E-state index in [0.29, 0.717) is 11.5 Å². The van der Waals surface area contributed by atoms with Crippen LogP contribution in [0.5, 0.6) is 0 Å². The van der Waals surface area contributed by atoms with Crippen molar-refractivity contribution < 1.29 is 9.90 Å². The minimum absolute atomic E-state index is 0.252. The third-order valence-corrected chi connectivity index (χ3v) is 2.18. The number of aliphatic hydroxyl groups is 1. The molecule has 0 saturated carbocycles. The Morgan fingerprint density at radius 3 is 2.92 bits per heavy atom. The molecule has 6 heteroatoms. The lowest BCUT2D eigenvalue weighted by molar-refractivity contribution is 0.0157. The van der Waals surface area contributed by atoms with Gasteiger partial charge >= 0.3 is 0 Å². The highest BCUT2D eigenvalue weighted by Gasteiger charge is 2.33. The van der Waals surface area contributed by atoms with Crippen LogP contribution in [0, 0.1) is 0 Å². The van der Waals surface area contributed by atoms with Gasteiger partial charge in [0, 0.05) is 14.1 Å². The topological polar surface area (TPSA) is 72.5 Å². The first-order valence-corrected chi connectivity index (χ1v) is 3.84. The molecule has 70 valence electrons. The Morgan fingerprint density at radius 1 is 1.54 bits per heavy atom. The van der Waals surface area contributed by atoms with E-state index in [2.05, 4.69) is 9.97 Å². The smallest absolute Gasteiger partial charge is 0.277 e. The molecular formula is C7H10N4O2. The van der Waals surface area contributed by atoms with E-state index in [1.165, 1.54) is 23.2 Å².